The van der Waals surface area contributed by atoms with Gasteiger partial charge in [-0.25, -0.2) is 0 Å². The zero-order chi connectivity index (χ0) is 15.9. The molecule has 5 nitrogen and oxygen atoms in total. The van der Waals surface area contributed by atoms with Crippen LogP contribution in [-0.4, -0.2) is 22.7 Å². The van der Waals surface area contributed by atoms with Crippen molar-refractivity contribution in [2.75, 3.05) is 6.61 Å². The van der Waals surface area contributed by atoms with Gasteiger partial charge < -0.3 is 10.4 Å². The number of para-hydroxylation sites is 1. The Morgan fingerprint density at radius 3 is 2.82 bits per heavy atom. The van der Waals surface area contributed by atoms with Crippen LogP contribution in [0, 0.1) is 10.1 Å². The highest BCUT2D eigenvalue weighted by atomic mass is 32.1. The second-order valence-electron chi connectivity index (χ2n) is 5.19. The Morgan fingerprint density at radius 1 is 1.32 bits per heavy atom. The van der Waals surface area contributed by atoms with Crippen LogP contribution in [0.2, 0.25) is 0 Å². The molecule has 1 aromatic carbocycles. The molecule has 0 aliphatic carbocycles. The van der Waals surface area contributed by atoms with Gasteiger partial charge in [-0.1, -0.05) is 12.1 Å². The van der Waals surface area contributed by atoms with Crippen molar-refractivity contribution >= 4 is 17.0 Å². The van der Waals surface area contributed by atoms with Crippen LogP contribution in [0.15, 0.2) is 36.4 Å². The maximum absolute atomic E-state index is 11.1. The van der Waals surface area contributed by atoms with Crippen molar-refractivity contribution in [3.8, 4) is 10.4 Å². The molecule has 0 aliphatic rings. The van der Waals surface area contributed by atoms with E-state index >= 15 is 0 Å². The summed E-state index contributed by atoms with van der Waals surface area (Å²) < 4.78 is 0. The molecule has 1 unspecified atom stereocenters. The van der Waals surface area contributed by atoms with E-state index in [2.05, 4.69) is 12.2 Å². The van der Waals surface area contributed by atoms with Crippen LogP contribution in [0.25, 0.3) is 10.4 Å². The highest BCUT2D eigenvalue weighted by Gasteiger charge is 2.15. The quantitative estimate of drug-likeness (QED) is 0.576. The van der Waals surface area contributed by atoms with Gasteiger partial charge in [-0.05, 0) is 38.0 Å². The Bertz CT molecular complexity index is 627. The number of thiophene rings is 1. The molecule has 1 heterocycles. The molecule has 0 bridgehead atoms. The summed E-state index contributed by atoms with van der Waals surface area (Å²) in [5.74, 6) is 0. The van der Waals surface area contributed by atoms with Crippen molar-refractivity contribution in [3.05, 3.63) is 51.4 Å². The molecule has 0 amide bonds. The normalized spacial score (nSPS) is 12.3. The third kappa shape index (κ3) is 4.37. The van der Waals surface area contributed by atoms with E-state index in [0.717, 1.165) is 29.1 Å². The monoisotopic (exact) mass is 320 g/mol. The van der Waals surface area contributed by atoms with Gasteiger partial charge in [0.1, 0.15) is 0 Å². The lowest BCUT2D eigenvalue weighted by molar-refractivity contribution is -0.384. The van der Waals surface area contributed by atoms with Crippen molar-refractivity contribution in [1.82, 2.24) is 5.32 Å². The second-order valence-corrected chi connectivity index (χ2v) is 6.36. The van der Waals surface area contributed by atoms with Gasteiger partial charge in [0.25, 0.3) is 5.69 Å². The van der Waals surface area contributed by atoms with Gasteiger partial charge in [-0.3, -0.25) is 10.1 Å². The van der Waals surface area contributed by atoms with Gasteiger partial charge in [0.05, 0.1) is 10.5 Å². The van der Waals surface area contributed by atoms with Gasteiger partial charge in [-0.15, -0.1) is 11.3 Å². The first-order valence-electron chi connectivity index (χ1n) is 7.28. The molecule has 1 atom stereocenters. The van der Waals surface area contributed by atoms with E-state index in [-0.39, 0.29) is 17.2 Å². The summed E-state index contributed by atoms with van der Waals surface area (Å²) >= 11 is 1.57. The summed E-state index contributed by atoms with van der Waals surface area (Å²) in [5, 5.41) is 23.3. The first-order valence-corrected chi connectivity index (χ1v) is 8.10. The van der Waals surface area contributed by atoms with Crippen molar-refractivity contribution in [2.45, 2.75) is 32.4 Å². The number of nitro benzene ring substituents is 1. The lowest BCUT2D eigenvalue weighted by Gasteiger charge is -2.11. The fourth-order valence-corrected chi connectivity index (χ4v) is 3.23. The van der Waals surface area contributed by atoms with Crippen LogP contribution in [0.1, 0.15) is 24.6 Å². The van der Waals surface area contributed by atoms with E-state index in [1.165, 1.54) is 6.07 Å². The average molecular weight is 320 g/mol. The van der Waals surface area contributed by atoms with Gasteiger partial charge in [0.15, 0.2) is 0 Å². The molecule has 2 N–H and O–H groups in total. The lowest BCUT2D eigenvalue weighted by atomic mass is 10.1. The minimum absolute atomic E-state index is 0.139. The minimum Gasteiger partial charge on any atom is -0.396 e. The highest BCUT2D eigenvalue weighted by molar-refractivity contribution is 7.15. The molecular weight excluding hydrogens is 300 g/mol. The van der Waals surface area contributed by atoms with Crippen LogP contribution in [0.3, 0.4) is 0 Å². The molecule has 0 aliphatic heterocycles. The second kappa shape index (κ2) is 8.03. The van der Waals surface area contributed by atoms with Crippen LogP contribution >= 0.6 is 11.3 Å². The first-order chi connectivity index (χ1) is 10.6. The van der Waals surface area contributed by atoms with E-state index in [1.807, 2.05) is 18.2 Å². The van der Waals surface area contributed by atoms with Crippen molar-refractivity contribution in [1.29, 1.82) is 0 Å². The number of aliphatic hydroxyl groups is 1. The summed E-state index contributed by atoms with van der Waals surface area (Å²) in [6.07, 6.45) is 1.72. The third-order valence-electron chi connectivity index (χ3n) is 3.45. The third-order valence-corrected chi connectivity index (χ3v) is 4.57. The predicted octanol–water partition coefficient (Wildman–Crippen LogP) is 3.57. The number of hydrogen-bond acceptors (Lipinski definition) is 5. The number of nitrogens with zero attached hydrogens (tertiary/aromatic N) is 1. The number of nitro groups is 1. The van der Waals surface area contributed by atoms with Crippen molar-refractivity contribution in [2.24, 2.45) is 0 Å². The Morgan fingerprint density at radius 2 is 2.09 bits per heavy atom. The molecule has 0 radical (unpaired) electrons. The average Bonchev–Trinajstić information content (AvgIpc) is 2.99. The van der Waals surface area contributed by atoms with E-state index in [9.17, 15) is 10.1 Å². The molecule has 6 heteroatoms. The maximum atomic E-state index is 11.1. The smallest absolute Gasteiger partial charge is 0.278 e. The topological polar surface area (TPSA) is 75.4 Å². The summed E-state index contributed by atoms with van der Waals surface area (Å²) in [6, 6.07) is 11.1. The van der Waals surface area contributed by atoms with Gasteiger partial charge in [0.2, 0.25) is 0 Å². The molecule has 0 saturated heterocycles. The maximum Gasteiger partial charge on any atom is 0.278 e. The molecule has 0 fully saturated rings. The van der Waals surface area contributed by atoms with E-state index in [0.29, 0.717) is 11.6 Å². The molecule has 118 valence electrons. The minimum atomic E-state index is -0.343. The largest absolute Gasteiger partial charge is 0.396 e. The highest BCUT2D eigenvalue weighted by Crippen LogP contribution is 2.34. The Kier molecular flexibility index (Phi) is 6.06. The molecule has 2 aromatic rings. The van der Waals surface area contributed by atoms with Gasteiger partial charge in [-0.2, -0.15) is 0 Å². The summed E-state index contributed by atoms with van der Waals surface area (Å²) in [4.78, 5) is 12.8. The van der Waals surface area contributed by atoms with E-state index in [1.54, 1.807) is 23.5 Å². The predicted molar refractivity (Wildman–Crippen MR) is 89.0 cm³/mol. The van der Waals surface area contributed by atoms with Crippen LogP contribution in [-0.2, 0) is 6.54 Å². The standard InChI is InChI=1S/C16H20N2O3S/c1-12(5-4-10-19)17-11-13-8-9-16(22-13)14-6-2-3-7-15(14)18(20)21/h2-3,6-9,12,17,19H,4-5,10-11H2,1H3. The zero-order valence-electron chi connectivity index (χ0n) is 12.5. The van der Waals surface area contributed by atoms with E-state index in [4.69, 9.17) is 5.11 Å². The van der Waals surface area contributed by atoms with Crippen molar-refractivity contribution < 1.29 is 10.0 Å². The summed E-state index contributed by atoms with van der Waals surface area (Å²) in [5.41, 5.74) is 0.803. The van der Waals surface area contributed by atoms with E-state index < -0.39 is 0 Å². The van der Waals surface area contributed by atoms with Crippen LogP contribution in [0.4, 0.5) is 5.69 Å². The number of hydrogen-bond donors (Lipinski definition) is 2. The Balaban J connectivity index is 2.04. The van der Waals surface area contributed by atoms with Crippen LogP contribution in [0.5, 0.6) is 0 Å². The Labute approximate surface area is 133 Å². The molecule has 0 spiro atoms. The number of nitrogens with one attached hydrogen (secondary N) is 1. The van der Waals surface area contributed by atoms with Crippen LogP contribution < -0.4 is 5.32 Å². The van der Waals surface area contributed by atoms with Gasteiger partial charge >= 0.3 is 0 Å². The Hall–Kier alpha value is -1.76. The number of aliphatic hydroxyl groups excluding tert-OH is 1. The summed E-state index contributed by atoms with van der Waals surface area (Å²) in [7, 11) is 0. The SMILES string of the molecule is CC(CCCO)NCc1ccc(-c2ccccc2[N+](=O)[O-])s1. The fourth-order valence-electron chi connectivity index (χ4n) is 2.23. The molecule has 0 saturated carbocycles. The molecular formula is C16H20N2O3S. The first kappa shape index (κ1) is 16.6. The zero-order valence-corrected chi connectivity index (χ0v) is 13.3. The summed E-state index contributed by atoms with van der Waals surface area (Å²) in [6.45, 7) is 3.04. The number of rotatable bonds is 8. The molecule has 1 aromatic heterocycles. The molecule has 2 rings (SSSR count). The lowest BCUT2D eigenvalue weighted by Crippen LogP contribution is -2.25. The number of benzene rings is 1. The van der Waals surface area contributed by atoms with Gasteiger partial charge in [0, 0.05) is 35.0 Å². The molecule has 22 heavy (non-hydrogen) atoms. The fraction of sp³-hybridized carbons (Fsp3) is 0.375. The van der Waals surface area contributed by atoms with Crippen molar-refractivity contribution in [3.63, 3.8) is 0 Å².